The van der Waals surface area contributed by atoms with E-state index in [0.717, 1.165) is 10.4 Å². The van der Waals surface area contributed by atoms with Gasteiger partial charge in [0.05, 0.1) is 23.3 Å². The lowest BCUT2D eigenvalue weighted by molar-refractivity contribution is -0.116. The summed E-state index contributed by atoms with van der Waals surface area (Å²) in [5.74, 6) is -1.49. The molecule has 4 rings (SSSR count). The fourth-order valence-corrected chi connectivity index (χ4v) is 4.69. The molecule has 168 valence electrons. The Kier molecular flexibility index (Phi) is 6.65. The first-order valence-corrected chi connectivity index (χ1v) is 11.4. The number of rotatable bonds is 8. The van der Waals surface area contributed by atoms with Crippen molar-refractivity contribution in [2.75, 3.05) is 18.5 Å². The molecule has 2 heterocycles. The van der Waals surface area contributed by atoms with Crippen LogP contribution in [0.4, 0.5) is 5.00 Å². The normalized spacial score (nSPS) is 12.6. The predicted molar refractivity (Wildman–Crippen MR) is 125 cm³/mol. The van der Waals surface area contributed by atoms with E-state index in [1.165, 1.54) is 16.2 Å². The molecule has 0 bridgehead atoms. The number of nitrogens with one attached hydrogen (secondary N) is 1. The molecule has 2 aromatic carbocycles. The zero-order chi connectivity index (χ0) is 23.4. The first kappa shape index (κ1) is 22.4. The van der Waals surface area contributed by atoms with E-state index < -0.39 is 5.97 Å². The topological polar surface area (TPSA) is 92.8 Å². The van der Waals surface area contributed by atoms with Crippen LogP contribution in [0, 0.1) is 0 Å². The Hall–Kier alpha value is -3.78. The predicted octanol–water partition coefficient (Wildman–Crippen LogP) is 4.61. The van der Waals surface area contributed by atoms with Gasteiger partial charge in [0.25, 0.3) is 11.8 Å². The van der Waals surface area contributed by atoms with Gasteiger partial charge >= 0.3 is 5.97 Å². The molecule has 1 aromatic heterocycles. The lowest BCUT2D eigenvalue weighted by Crippen LogP contribution is -2.31. The van der Waals surface area contributed by atoms with E-state index in [1.807, 2.05) is 30.3 Å². The van der Waals surface area contributed by atoms with E-state index in [4.69, 9.17) is 4.74 Å². The summed E-state index contributed by atoms with van der Waals surface area (Å²) in [6, 6.07) is 17.9. The first-order chi connectivity index (χ1) is 16.0. The molecule has 7 nitrogen and oxygen atoms in total. The lowest BCUT2D eigenvalue weighted by atomic mass is 10.1. The maximum Gasteiger partial charge on any atom is 0.341 e. The molecule has 3 aromatic rings. The molecule has 3 amide bonds. The summed E-state index contributed by atoms with van der Waals surface area (Å²) in [6.07, 6.45) is 0.400. The van der Waals surface area contributed by atoms with Gasteiger partial charge in [0, 0.05) is 17.8 Å². The van der Waals surface area contributed by atoms with Crippen molar-refractivity contribution in [1.29, 1.82) is 0 Å². The molecule has 1 N–H and O–H groups in total. The van der Waals surface area contributed by atoms with Crippen LogP contribution in [0.15, 0.2) is 60.7 Å². The Morgan fingerprint density at radius 2 is 1.61 bits per heavy atom. The van der Waals surface area contributed by atoms with Crippen LogP contribution in [-0.2, 0) is 9.53 Å². The lowest BCUT2D eigenvalue weighted by Gasteiger charge is -2.13. The number of amides is 3. The molecule has 33 heavy (non-hydrogen) atoms. The number of carbonyl (C=O) groups excluding carboxylic acids is 4. The van der Waals surface area contributed by atoms with Crippen LogP contribution in [0.5, 0.6) is 0 Å². The second-order valence-corrected chi connectivity index (χ2v) is 8.45. The minimum Gasteiger partial charge on any atom is -0.462 e. The highest BCUT2D eigenvalue weighted by Crippen LogP contribution is 2.36. The summed E-state index contributed by atoms with van der Waals surface area (Å²) in [7, 11) is 0. The number of thiophene rings is 1. The molecule has 1 aliphatic heterocycles. The molecular formula is C25H22N2O5S. The largest absolute Gasteiger partial charge is 0.462 e. The molecule has 8 heteroatoms. The summed E-state index contributed by atoms with van der Waals surface area (Å²) < 4.78 is 5.14. The Labute approximate surface area is 195 Å². The van der Waals surface area contributed by atoms with Gasteiger partial charge in [-0.3, -0.25) is 19.3 Å². The number of hydrogen-bond donors (Lipinski definition) is 1. The third kappa shape index (κ3) is 4.70. The maximum atomic E-state index is 12.6. The van der Waals surface area contributed by atoms with Gasteiger partial charge in [0.2, 0.25) is 5.91 Å². The number of imide groups is 1. The molecule has 0 saturated heterocycles. The fourth-order valence-electron chi connectivity index (χ4n) is 3.62. The van der Waals surface area contributed by atoms with Crippen LogP contribution >= 0.6 is 11.3 Å². The Morgan fingerprint density at radius 3 is 2.24 bits per heavy atom. The quantitative estimate of drug-likeness (QED) is 0.390. The molecule has 0 radical (unpaired) electrons. The fraction of sp³-hybridized carbons (Fsp3) is 0.200. The molecule has 1 aliphatic rings. The first-order valence-electron chi connectivity index (χ1n) is 10.6. The number of fused-ring (bicyclic) bond motifs is 1. The van der Waals surface area contributed by atoms with Crippen LogP contribution in [-0.4, -0.2) is 41.7 Å². The van der Waals surface area contributed by atoms with Crippen molar-refractivity contribution in [2.45, 2.75) is 19.8 Å². The zero-order valence-corrected chi connectivity index (χ0v) is 18.8. The second-order valence-electron chi connectivity index (χ2n) is 7.40. The summed E-state index contributed by atoms with van der Waals surface area (Å²) in [5, 5.41) is 3.21. The van der Waals surface area contributed by atoms with E-state index >= 15 is 0 Å². The highest BCUT2D eigenvalue weighted by Gasteiger charge is 2.34. The third-order valence-corrected chi connectivity index (χ3v) is 6.30. The van der Waals surface area contributed by atoms with Gasteiger partial charge < -0.3 is 10.1 Å². The van der Waals surface area contributed by atoms with Crippen molar-refractivity contribution < 1.29 is 23.9 Å². The molecular weight excluding hydrogens is 440 g/mol. The average Bonchev–Trinajstić information content (AvgIpc) is 3.35. The summed E-state index contributed by atoms with van der Waals surface area (Å²) in [4.78, 5) is 51.9. The SMILES string of the molecule is CCOC(=O)c1cc(-c2ccccc2)sc1NC(=O)CCCN1C(=O)c2ccccc2C1=O. The van der Waals surface area contributed by atoms with Gasteiger partial charge in [-0.15, -0.1) is 11.3 Å². The minimum atomic E-state index is -0.503. The van der Waals surface area contributed by atoms with Crippen molar-refractivity contribution in [3.8, 4) is 10.4 Å². The monoisotopic (exact) mass is 462 g/mol. The average molecular weight is 463 g/mol. The van der Waals surface area contributed by atoms with Crippen LogP contribution < -0.4 is 5.32 Å². The smallest absolute Gasteiger partial charge is 0.341 e. The number of nitrogens with zero attached hydrogens (tertiary/aromatic N) is 1. The number of esters is 1. The van der Waals surface area contributed by atoms with Crippen LogP contribution in [0.3, 0.4) is 0 Å². The molecule has 0 saturated carbocycles. The van der Waals surface area contributed by atoms with Crippen LogP contribution in [0.2, 0.25) is 0 Å². The number of benzene rings is 2. The van der Waals surface area contributed by atoms with E-state index in [9.17, 15) is 19.2 Å². The van der Waals surface area contributed by atoms with Gasteiger partial charge in [0.1, 0.15) is 5.00 Å². The van der Waals surface area contributed by atoms with Crippen LogP contribution in [0.1, 0.15) is 50.8 Å². The number of hydrogen-bond acceptors (Lipinski definition) is 6. The van der Waals surface area contributed by atoms with Gasteiger partial charge in [-0.2, -0.15) is 0 Å². The van der Waals surface area contributed by atoms with E-state index in [1.54, 1.807) is 37.3 Å². The van der Waals surface area contributed by atoms with Crippen molar-refractivity contribution in [1.82, 2.24) is 4.90 Å². The molecule has 0 aliphatic carbocycles. The van der Waals surface area contributed by atoms with Gasteiger partial charge in [0.15, 0.2) is 0 Å². The van der Waals surface area contributed by atoms with Crippen LogP contribution in [0.25, 0.3) is 10.4 Å². The van der Waals surface area contributed by atoms with Crippen molar-refractivity contribution in [2.24, 2.45) is 0 Å². The number of carbonyl (C=O) groups is 4. The van der Waals surface area contributed by atoms with E-state index in [0.29, 0.717) is 28.1 Å². The Bertz CT molecular complexity index is 1180. The van der Waals surface area contributed by atoms with Gasteiger partial charge in [-0.05, 0) is 37.1 Å². The number of ether oxygens (including phenoxy) is 1. The summed E-state index contributed by atoms with van der Waals surface area (Å²) in [6.45, 7) is 2.09. The van der Waals surface area contributed by atoms with E-state index in [2.05, 4.69) is 5.32 Å². The van der Waals surface area contributed by atoms with Crippen molar-refractivity contribution >= 4 is 40.0 Å². The Balaban J connectivity index is 1.41. The summed E-state index contributed by atoms with van der Waals surface area (Å²) >= 11 is 1.29. The highest BCUT2D eigenvalue weighted by atomic mass is 32.1. The highest BCUT2D eigenvalue weighted by molar-refractivity contribution is 7.20. The van der Waals surface area contributed by atoms with Crippen molar-refractivity contribution in [3.63, 3.8) is 0 Å². The van der Waals surface area contributed by atoms with Crippen molar-refractivity contribution in [3.05, 3.63) is 77.4 Å². The van der Waals surface area contributed by atoms with E-state index in [-0.39, 0.29) is 37.3 Å². The zero-order valence-electron chi connectivity index (χ0n) is 18.0. The second kappa shape index (κ2) is 9.79. The standard InChI is InChI=1S/C25H22N2O5S/c1-2-32-25(31)19-15-20(16-9-4-3-5-10-16)33-22(19)26-21(28)13-8-14-27-23(29)17-11-6-7-12-18(17)24(27)30/h3-7,9-12,15H,2,8,13-14H2,1H3,(H,26,28). The van der Waals surface area contributed by atoms with Gasteiger partial charge in [-0.25, -0.2) is 4.79 Å². The minimum absolute atomic E-state index is 0.0915. The maximum absolute atomic E-state index is 12.6. The third-order valence-electron chi connectivity index (χ3n) is 5.20. The molecule has 0 unspecified atom stereocenters. The molecule has 0 spiro atoms. The number of anilines is 1. The molecule has 0 atom stereocenters. The molecule has 0 fully saturated rings. The Morgan fingerprint density at radius 1 is 0.970 bits per heavy atom. The van der Waals surface area contributed by atoms with Gasteiger partial charge in [-0.1, -0.05) is 42.5 Å². The summed E-state index contributed by atoms with van der Waals surface area (Å²) in [5.41, 5.74) is 2.00.